The van der Waals surface area contributed by atoms with E-state index in [0.717, 1.165) is 21.7 Å². The van der Waals surface area contributed by atoms with Gasteiger partial charge in [-0.1, -0.05) is 12.1 Å². The quantitative estimate of drug-likeness (QED) is 0.695. The number of carbonyl (C=O) groups is 1. The van der Waals surface area contributed by atoms with Crippen molar-refractivity contribution in [1.29, 1.82) is 0 Å². The molecule has 0 radical (unpaired) electrons. The van der Waals surface area contributed by atoms with Crippen LogP contribution in [-0.2, 0) is 6.42 Å². The molecule has 0 bridgehead atoms. The van der Waals surface area contributed by atoms with Gasteiger partial charge >= 0.3 is 0 Å². The van der Waals surface area contributed by atoms with Gasteiger partial charge in [0.15, 0.2) is 0 Å². The number of rotatable bonds is 6. The molecule has 3 aromatic rings. The zero-order valence-corrected chi connectivity index (χ0v) is 15.4. The maximum atomic E-state index is 12.9. The number of aromatic nitrogens is 2. The lowest BCUT2D eigenvalue weighted by Gasteiger charge is -2.05. The molecule has 2 N–H and O–H groups in total. The summed E-state index contributed by atoms with van der Waals surface area (Å²) in [4.78, 5) is 22.5. The molecule has 0 saturated carbocycles. The molecular formula is C19H19FN4OS. The highest BCUT2D eigenvalue weighted by atomic mass is 32.1. The largest absolute Gasteiger partial charge is 0.357 e. The number of anilines is 1. The van der Waals surface area contributed by atoms with Gasteiger partial charge in [-0.05, 0) is 48.7 Å². The van der Waals surface area contributed by atoms with Crippen molar-refractivity contribution in [2.45, 2.75) is 13.3 Å². The first-order valence-electron chi connectivity index (χ1n) is 8.21. The second-order valence-corrected chi connectivity index (χ2v) is 6.86. The molecule has 0 atom stereocenters. The number of hydrogen-bond donors (Lipinski definition) is 2. The molecule has 0 aliphatic heterocycles. The molecule has 0 aliphatic rings. The molecule has 2 aromatic heterocycles. The third kappa shape index (κ3) is 4.23. The van der Waals surface area contributed by atoms with Crippen LogP contribution < -0.4 is 10.6 Å². The molecule has 7 heteroatoms. The normalized spacial score (nSPS) is 10.6. The van der Waals surface area contributed by atoms with Crippen LogP contribution in [0.25, 0.3) is 10.6 Å². The van der Waals surface area contributed by atoms with Crippen LogP contribution in [0, 0.1) is 12.7 Å². The summed E-state index contributed by atoms with van der Waals surface area (Å²) in [5.41, 5.74) is 2.75. The lowest BCUT2D eigenvalue weighted by molar-refractivity contribution is 0.0958. The number of halogens is 1. The van der Waals surface area contributed by atoms with Crippen molar-refractivity contribution >= 4 is 23.2 Å². The summed E-state index contributed by atoms with van der Waals surface area (Å²) in [6, 6.07) is 9.99. The molecule has 5 nitrogen and oxygen atoms in total. The number of nitrogens with zero attached hydrogens (tertiary/aromatic N) is 2. The van der Waals surface area contributed by atoms with Gasteiger partial charge in [-0.3, -0.25) is 4.79 Å². The van der Waals surface area contributed by atoms with Gasteiger partial charge in [0.05, 0.1) is 15.4 Å². The van der Waals surface area contributed by atoms with Crippen LogP contribution in [0.15, 0.2) is 42.6 Å². The van der Waals surface area contributed by atoms with Gasteiger partial charge in [-0.25, -0.2) is 14.4 Å². The van der Waals surface area contributed by atoms with Gasteiger partial charge in [0.2, 0.25) is 5.95 Å². The first kappa shape index (κ1) is 18.0. The molecule has 0 unspecified atom stereocenters. The number of hydrogen-bond acceptors (Lipinski definition) is 5. The first-order valence-corrected chi connectivity index (χ1v) is 9.02. The molecule has 0 saturated heterocycles. The van der Waals surface area contributed by atoms with Gasteiger partial charge < -0.3 is 10.6 Å². The zero-order chi connectivity index (χ0) is 18.5. The third-order valence-electron chi connectivity index (χ3n) is 3.87. The Labute approximate surface area is 155 Å². The van der Waals surface area contributed by atoms with Gasteiger partial charge in [0, 0.05) is 19.8 Å². The van der Waals surface area contributed by atoms with Crippen molar-refractivity contribution in [2.75, 3.05) is 18.9 Å². The molecule has 134 valence electrons. The molecule has 3 rings (SSSR count). The summed E-state index contributed by atoms with van der Waals surface area (Å²) in [6.07, 6.45) is 2.41. The fourth-order valence-electron chi connectivity index (χ4n) is 2.46. The van der Waals surface area contributed by atoms with Crippen LogP contribution >= 0.6 is 11.3 Å². The molecular weight excluding hydrogens is 351 g/mol. The van der Waals surface area contributed by atoms with E-state index in [1.807, 2.05) is 13.0 Å². The van der Waals surface area contributed by atoms with E-state index in [1.165, 1.54) is 23.5 Å². The maximum Gasteiger partial charge on any atom is 0.261 e. The Morgan fingerprint density at radius 3 is 2.69 bits per heavy atom. The fraction of sp³-hybridized carbons (Fsp3) is 0.211. The summed E-state index contributed by atoms with van der Waals surface area (Å²) >= 11 is 1.40. The molecule has 0 aliphatic carbocycles. The Hall–Kier alpha value is -2.80. The van der Waals surface area contributed by atoms with Crippen molar-refractivity contribution < 1.29 is 9.18 Å². The Kier molecular flexibility index (Phi) is 5.58. The van der Waals surface area contributed by atoms with E-state index in [1.54, 1.807) is 31.4 Å². The van der Waals surface area contributed by atoms with Gasteiger partial charge in [0.1, 0.15) is 5.82 Å². The second kappa shape index (κ2) is 8.05. The topological polar surface area (TPSA) is 66.9 Å². The van der Waals surface area contributed by atoms with Crippen molar-refractivity contribution in [3.8, 4) is 10.6 Å². The number of carbonyl (C=O) groups excluding carboxylic acids is 1. The van der Waals surface area contributed by atoms with Crippen LogP contribution in [0.3, 0.4) is 0 Å². The fourth-order valence-corrected chi connectivity index (χ4v) is 3.43. The predicted molar refractivity (Wildman–Crippen MR) is 102 cm³/mol. The molecule has 26 heavy (non-hydrogen) atoms. The highest BCUT2D eigenvalue weighted by Crippen LogP contribution is 2.29. The molecule has 0 fully saturated rings. The first-order chi connectivity index (χ1) is 12.6. The SMILES string of the molecule is CNc1ncc(C)c(-c2ccc(C(=O)NCCc3ccc(F)cc3)s2)n1. The van der Waals surface area contributed by atoms with E-state index in [4.69, 9.17) is 0 Å². The summed E-state index contributed by atoms with van der Waals surface area (Å²) < 4.78 is 12.9. The van der Waals surface area contributed by atoms with Crippen molar-refractivity contribution in [3.63, 3.8) is 0 Å². The van der Waals surface area contributed by atoms with Gasteiger partial charge in [-0.15, -0.1) is 11.3 Å². The van der Waals surface area contributed by atoms with Gasteiger partial charge in [0.25, 0.3) is 5.91 Å². The molecule has 1 amide bonds. The van der Waals surface area contributed by atoms with Crippen molar-refractivity contribution in [2.24, 2.45) is 0 Å². The van der Waals surface area contributed by atoms with Crippen LogP contribution in [0.4, 0.5) is 10.3 Å². The minimum atomic E-state index is -0.259. The van der Waals surface area contributed by atoms with E-state index in [2.05, 4.69) is 20.6 Å². The number of benzene rings is 1. The van der Waals surface area contributed by atoms with Crippen LogP contribution in [0.5, 0.6) is 0 Å². The van der Waals surface area contributed by atoms with E-state index < -0.39 is 0 Å². The maximum absolute atomic E-state index is 12.9. The van der Waals surface area contributed by atoms with E-state index in [0.29, 0.717) is 23.8 Å². The van der Waals surface area contributed by atoms with Crippen molar-refractivity contribution in [1.82, 2.24) is 15.3 Å². The Bertz CT molecular complexity index is 908. The number of nitrogens with one attached hydrogen (secondary N) is 2. The van der Waals surface area contributed by atoms with Gasteiger partial charge in [-0.2, -0.15) is 0 Å². The highest BCUT2D eigenvalue weighted by molar-refractivity contribution is 7.17. The minimum absolute atomic E-state index is 0.121. The van der Waals surface area contributed by atoms with Crippen molar-refractivity contribution in [3.05, 3.63) is 64.4 Å². The van der Waals surface area contributed by atoms with E-state index in [9.17, 15) is 9.18 Å². The van der Waals surface area contributed by atoms with E-state index >= 15 is 0 Å². The molecule has 1 aromatic carbocycles. The van der Waals surface area contributed by atoms with Crippen LogP contribution in [0.1, 0.15) is 20.8 Å². The standard InChI is InChI=1S/C19H19FN4OS/c1-12-11-23-19(21-2)24-17(12)15-7-8-16(26-15)18(25)22-10-9-13-3-5-14(20)6-4-13/h3-8,11H,9-10H2,1-2H3,(H,22,25)(H,21,23,24). The molecule has 2 heterocycles. The Morgan fingerprint density at radius 1 is 1.19 bits per heavy atom. The molecule has 0 spiro atoms. The monoisotopic (exact) mass is 370 g/mol. The minimum Gasteiger partial charge on any atom is -0.357 e. The lowest BCUT2D eigenvalue weighted by atomic mass is 10.1. The van der Waals surface area contributed by atoms with E-state index in [-0.39, 0.29) is 11.7 Å². The lowest BCUT2D eigenvalue weighted by Crippen LogP contribution is -2.24. The second-order valence-electron chi connectivity index (χ2n) is 5.77. The van der Waals surface area contributed by atoms with Crippen LogP contribution in [-0.4, -0.2) is 29.5 Å². The van der Waals surface area contributed by atoms with Crippen LogP contribution in [0.2, 0.25) is 0 Å². The third-order valence-corrected chi connectivity index (χ3v) is 4.96. The summed E-state index contributed by atoms with van der Waals surface area (Å²) in [6.45, 7) is 2.44. The Balaban J connectivity index is 1.63. The average molecular weight is 370 g/mol. The predicted octanol–water partition coefficient (Wildman–Crippen LogP) is 3.67. The number of amides is 1. The average Bonchev–Trinajstić information content (AvgIpc) is 3.14. The zero-order valence-electron chi connectivity index (χ0n) is 14.5. The Morgan fingerprint density at radius 2 is 1.96 bits per heavy atom. The summed E-state index contributed by atoms with van der Waals surface area (Å²) in [5, 5.41) is 5.82. The summed E-state index contributed by atoms with van der Waals surface area (Å²) in [7, 11) is 1.77. The number of aryl methyl sites for hydroxylation is 1. The highest BCUT2D eigenvalue weighted by Gasteiger charge is 2.13. The number of thiophene rings is 1. The summed E-state index contributed by atoms with van der Waals surface area (Å²) in [5.74, 6) is 0.165. The smallest absolute Gasteiger partial charge is 0.261 e.